The van der Waals surface area contributed by atoms with Gasteiger partial charge in [-0.1, -0.05) is 35.9 Å². The number of carbonyl (C=O) groups is 1. The Hall–Kier alpha value is -1.57. The van der Waals surface area contributed by atoms with Crippen LogP contribution in [0.5, 0.6) is 0 Å². The smallest absolute Gasteiger partial charge is 0.304 e. The highest BCUT2D eigenvalue weighted by atomic mass is 16.4. The first-order chi connectivity index (χ1) is 7.54. The molecule has 86 valence electrons. The normalized spacial score (nSPS) is 12.9. The van der Waals surface area contributed by atoms with Crippen LogP contribution in [0.1, 0.15) is 36.0 Å². The summed E-state index contributed by atoms with van der Waals surface area (Å²) in [5.74, 6) is -0.786. The number of rotatable bonds is 4. The molecule has 0 saturated carbocycles. The van der Waals surface area contributed by atoms with Crippen LogP contribution in [-0.4, -0.2) is 11.1 Å². The first-order valence-corrected chi connectivity index (χ1v) is 5.46. The summed E-state index contributed by atoms with van der Waals surface area (Å²) in [7, 11) is 0. The molecule has 0 aromatic heterocycles. The van der Waals surface area contributed by atoms with Gasteiger partial charge in [0.05, 0.1) is 6.42 Å². The van der Waals surface area contributed by atoms with E-state index in [2.05, 4.69) is 6.07 Å². The maximum Gasteiger partial charge on any atom is 0.304 e. The maximum atomic E-state index is 10.8. The molecule has 0 radical (unpaired) electrons. The van der Waals surface area contributed by atoms with E-state index in [-0.39, 0.29) is 12.3 Å². The topological polar surface area (TPSA) is 37.3 Å². The minimum atomic E-state index is -0.760. The van der Waals surface area contributed by atoms with Crippen LogP contribution in [0.15, 0.2) is 30.4 Å². The van der Waals surface area contributed by atoms with Gasteiger partial charge < -0.3 is 5.11 Å². The molecule has 1 aromatic carbocycles. The number of carboxylic acids is 1. The fourth-order valence-corrected chi connectivity index (χ4v) is 1.86. The van der Waals surface area contributed by atoms with Crippen molar-refractivity contribution in [2.24, 2.45) is 0 Å². The van der Waals surface area contributed by atoms with Gasteiger partial charge >= 0.3 is 5.97 Å². The summed E-state index contributed by atoms with van der Waals surface area (Å²) in [6.45, 7) is 5.96. The standard InChI is InChI=1S/C14H18O2/c1-4-5-12(9-14(15)16)13-8-10(2)6-7-11(13)3/h4-8,12H,9H2,1-3H3,(H,15,16)/b5-4+/t12-/m1/s1. The molecule has 0 saturated heterocycles. The lowest BCUT2D eigenvalue weighted by atomic mass is 9.90. The van der Waals surface area contributed by atoms with Crippen LogP contribution < -0.4 is 0 Å². The molecular weight excluding hydrogens is 200 g/mol. The fourth-order valence-electron chi connectivity index (χ4n) is 1.86. The van der Waals surface area contributed by atoms with Crippen LogP contribution in [0, 0.1) is 13.8 Å². The van der Waals surface area contributed by atoms with Crippen molar-refractivity contribution in [2.75, 3.05) is 0 Å². The van der Waals surface area contributed by atoms with E-state index in [1.165, 1.54) is 5.56 Å². The van der Waals surface area contributed by atoms with Gasteiger partial charge in [-0.05, 0) is 31.9 Å². The van der Waals surface area contributed by atoms with Gasteiger partial charge in [0, 0.05) is 5.92 Å². The summed E-state index contributed by atoms with van der Waals surface area (Å²) in [4.78, 5) is 10.8. The third-order valence-electron chi connectivity index (χ3n) is 2.65. The largest absolute Gasteiger partial charge is 0.481 e. The van der Waals surface area contributed by atoms with Gasteiger partial charge in [-0.2, -0.15) is 0 Å². The molecule has 0 amide bonds. The van der Waals surface area contributed by atoms with E-state index in [0.29, 0.717) is 0 Å². The van der Waals surface area contributed by atoms with Gasteiger partial charge in [-0.25, -0.2) is 0 Å². The van der Waals surface area contributed by atoms with Crippen LogP contribution in [-0.2, 0) is 4.79 Å². The lowest BCUT2D eigenvalue weighted by molar-refractivity contribution is -0.137. The average Bonchev–Trinajstić information content (AvgIpc) is 2.20. The molecule has 1 N–H and O–H groups in total. The average molecular weight is 218 g/mol. The quantitative estimate of drug-likeness (QED) is 0.786. The van der Waals surface area contributed by atoms with E-state index in [0.717, 1.165) is 11.1 Å². The van der Waals surface area contributed by atoms with Crippen molar-refractivity contribution in [3.63, 3.8) is 0 Å². The second kappa shape index (κ2) is 5.50. The molecule has 1 aromatic rings. The monoisotopic (exact) mass is 218 g/mol. The Morgan fingerprint density at radius 2 is 2.12 bits per heavy atom. The minimum absolute atomic E-state index is 0.0256. The Balaban J connectivity index is 3.09. The number of benzene rings is 1. The highest BCUT2D eigenvalue weighted by molar-refractivity contribution is 5.68. The summed E-state index contributed by atoms with van der Waals surface area (Å²) in [6, 6.07) is 6.16. The van der Waals surface area contributed by atoms with E-state index in [1.807, 2.05) is 45.1 Å². The number of allylic oxidation sites excluding steroid dienone is 2. The number of aliphatic carboxylic acids is 1. The Bertz CT molecular complexity index is 405. The van der Waals surface area contributed by atoms with Crippen molar-refractivity contribution < 1.29 is 9.90 Å². The maximum absolute atomic E-state index is 10.8. The molecule has 0 fully saturated rings. The zero-order valence-corrected chi connectivity index (χ0v) is 10.0. The van der Waals surface area contributed by atoms with E-state index >= 15 is 0 Å². The molecule has 16 heavy (non-hydrogen) atoms. The van der Waals surface area contributed by atoms with Crippen molar-refractivity contribution in [3.8, 4) is 0 Å². The Morgan fingerprint density at radius 3 is 2.69 bits per heavy atom. The number of aryl methyl sites for hydroxylation is 2. The van der Waals surface area contributed by atoms with E-state index < -0.39 is 5.97 Å². The van der Waals surface area contributed by atoms with Crippen molar-refractivity contribution in [1.82, 2.24) is 0 Å². The SMILES string of the molecule is C/C=C/[C@H](CC(=O)O)c1cc(C)ccc1C. The number of hydrogen-bond donors (Lipinski definition) is 1. The fraction of sp³-hybridized carbons (Fsp3) is 0.357. The lowest BCUT2D eigenvalue weighted by Crippen LogP contribution is -2.06. The van der Waals surface area contributed by atoms with Crippen LogP contribution in [0.2, 0.25) is 0 Å². The third kappa shape index (κ3) is 3.23. The van der Waals surface area contributed by atoms with Crippen LogP contribution in [0.4, 0.5) is 0 Å². The van der Waals surface area contributed by atoms with Crippen molar-refractivity contribution in [1.29, 1.82) is 0 Å². The van der Waals surface area contributed by atoms with Gasteiger partial charge in [0.25, 0.3) is 0 Å². The summed E-state index contributed by atoms with van der Waals surface area (Å²) in [5, 5.41) is 8.90. The Morgan fingerprint density at radius 1 is 1.44 bits per heavy atom. The molecule has 2 nitrogen and oxygen atoms in total. The second-order valence-electron chi connectivity index (χ2n) is 4.09. The van der Waals surface area contributed by atoms with Crippen molar-refractivity contribution in [2.45, 2.75) is 33.1 Å². The first-order valence-electron chi connectivity index (χ1n) is 5.46. The molecule has 2 heteroatoms. The highest BCUT2D eigenvalue weighted by Gasteiger charge is 2.14. The second-order valence-corrected chi connectivity index (χ2v) is 4.09. The van der Waals surface area contributed by atoms with Gasteiger partial charge in [0.15, 0.2) is 0 Å². The minimum Gasteiger partial charge on any atom is -0.481 e. The summed E-state index contributed by atoms with van der Waals surface area (Å²) < 4.78 is 0. The molecule has 1 rings (SSSR count). The summed E-state index contributed by atoms with van der Waals surface area (Å²) >= 11 is 0. The zero-order chi connectivity index (χ0) is 12.1. The number of carboxylic acid groups (broad SMARTS) is 1. The van der Waals surface area contributed by atoms with Crippen molar-refractivity contribution in [3.05, 3.63) is 47.0 Å². The van der Waals surface area contributed by atoms with Gasteiger partial charge in [-0.15, -0.1) is 0 Å². The first kappa shape index (κ1) is 12.5. The van der Waals surface area contributed by atoms with Gasteiger partial charge in [0.2, 0.25) is 0 Å². The Kier molecular flexibility index (Phi) is 4.29. The van der Waals surface area contributed by atoms with Crippen LogP contribution >= 0.6 is 0 Å². The molecular formula is C14H18O2. The van der Waals surface area contributed by atoms with Crippen LogP contribution in [0.3, 0.4) is 0 Å². The van der Waals surface area contributed by atoms with E-state index in [9.17, 15) is 4.79 Å². The third-order valence-corrected chi connectivity index (χ3v) is 2.65. The van der Waals surface area contributed by atoms with E-state index in [1.54, 1.807) is 0 Å². The summed E-state index contributed by atoms with van der Waals surface area (Å²) in [6.07, 6.45) is 4.01. The summed E-state index contributed by atoms with van der Waals surface area (Å²) in [5.41, 5.74) is 3.43. The molecule has 0 heterocycles. The highest BCUT2D eigenvalue weighted by Crippen LogP contribution is 2.25. The molecule has 0 bridgehead atoms. The van der Waals surface area contributed by atoms with Crippen LogP contribution in [0.25, 0.3) is 0 Å². The predicted octanol–water partition coefficient (Wildman–Crippen LogP) is 3.44. The molecule has 0 spiro atoms. The zero-order valence-electron chi connectivity index (χ0n) is 10.0. The molecule has 1 atom stereocenters. The van der Waals surface area contributed by atoms with E-state index in [4.69, 9.17) is 5.11 Å². The van der Waals surface area contributed by atoms with Crippen molar-refractivity contribution >= 4 is 5.97 Å². The molecule has 0 aliphatic carbocycles. The molecule has 0 aliphatic heterocycles. The lowest BCUT2D eigenvalue weighted by Gasteiger charge is -2.14. The number of hydrogen-bond acceptors (Lipinski definition) is 1. The molecule has 0 unspecified atom stereocenters. The van der Waals surface area contributed by atoms with Gasteiger partial charge in [-0.3, -0.25) is 4.79 Å². The molecule has 0 aliphatic rings. The predicted molar refractivity (Wildman–Crippen MR) is 65.7 cm³/mol. The van der Waals surface area contributed by atoms with Gasteiger partial charge in [0.1, 0.15) is 0 Å². The Labute approximate surface area is 96.6 Å².